The predicted molar refractivity (Wildman–Crippen MR) is 44.8 cm³/mol. The number of carbonyl (C=O) groups is 2. The van der Waals surface area contributed by atoms with Crippen molar-refractivity contribution in [2.24, 2.45) is 0 Å². The number of amides is 1. The minimum Gasteiger partial charge on any atom is -0.480 e. The van der Waals surface area contributed by atoms with Crippen molar-refractivity contribution >= 4 is 11.9 Å². The standard InChI is InChI=1S/C8H15NO3/c1-3-4-5-7(8(11)12)9-6(2)10/h7H,3-5H2,1-2H3,(H,9,10)(H,11,12)/t7-/m1/s1. The molecule has 1 amide bonds. The molecule has 4 nitrogen and oxygen atoms in total. The highest BCUT2D eigenvalue weighted by molar-refractivity contribution is 5.81. The van der Waals surface area contributed by atoms with E-state index in [-0.39, 0.29) is 5.91 Å². The van der Waals surface area contributed by atoms with Crippen molar-refractivity contribution in [2.75, 3.05) is 0 Å². The molecule has 0 saturated heterocycles. The van der Waals surface area contributed by atoms with Crippen LogP contribution < -0.4 is 5.32 Å². The summed E-state index contributed by atoms with van der Waals surface area (Å²) in [5.41, 5.74) is 0. The normalized spacial score (nSPS) is 12.2. The summed E-state index contributed by atoms with van der Waals surface area (Å²) in [4.78, 5) is 21.1. The largest absolute Gasteiger partial charge is 0.480 e. The Bertz CT molecular complexity index is 168. The summed E-state index contributed by atoms with van der Waals surface area (Å²) < 4.78 is 0. The molecular weight excluding hydrogens is 158 g/mol. The number of carboxylic acids is 1. The van der Waals surface area contributed by atoms with Crippen molar-refractivity contribution in [3.8, 4) is 0 Å². The Hall–Kier alpha value is -1.06. The first-order valence-corrected chi connectivity index (χ1v) is 4.07. The highest BCUT2D eigenvalue weighted by Crippen LogP contribution is 2.00. The first-order chi connectivity index (χ1) is 5.57. The first kappa shape index (κ1) is 10.9. The Morgan fingerprint density at radius 2 is 2.08 bits per heavy atom. The van der Waals surface area contributed by atoms with Crippen molar-refractivity contribution in [1.29, 1.82) is 0 Å². The van der Waals surface area contributed by atoms with Gasteiger partial charge in [-0.3, -0.25) is 4.79 Å². The molecule has 0 aliphatic heterocycles. The van der Waals surface area contributed by atoms with Crippen molar-refractivity contribution < 1.29 is 14.7 Å². The first-order valence-electron chi connectivity index (χ1n) is 4.07. The Morgan fingerprint density at radius 3 is 2.42 bits per heavy atom. The number of carbonyl (C=O) groups excluding carboxylic acids is 1. The van der Waals surface area contributed by atoms with Crippen LogP contribution in [0.4, 0.5) is 0 Å². The number of unbranched alkanes of at least 4 members (excludes halogenated alkanes) is 1. The van der Waals surface area contributed by atoms with Gasteiger partial charge in [0.15, 0.2) is 0 Å². The van der Waals surface area contributed by atoms with E-state index in [9.17, 15) is 9.59 Å². The molecule has 0 aliphatic carbocycles. The number of hydrogen-bond acceptors (Lipinski definition) is 2. The summed E-state index contributed by atoms with van der Waals surface area (Å²) in [6.07, 6.45) is 2.26. The highest BCUT2D eigenvalue weighted by Gasteiger charge is 2.16. The SMILES string of the molecule is CCCC[C@@H](NC(C)=O)C(=O)O. The molecule has 0 saturated carbocycles. The molecule has 0 heterocycles. The van der Waals surface area contributed by atoms with Crippen LogP contribution in [0.5, 0.6) is 0 Å². The maximum atomic E-state index is 10.5. The van der Waals surface area contributed by atoms with Crippen LogP contribution in [0.1, 0.15) is 33.1 Å². The van der Waals surface area contributed by atoms with Crippen LogP contribution in [-0.2, 0) is 9.59 Å². The third-order valence-corrected chi connectivity index (χ3v) is 1.52. The van der Waals surface area contributed by atoms with Gasteiger partial charge in [-0.2, -0.15) is 0 Å². The fourth-order valence-corrected chi connectivity index (χ4v) is 0.911. The molecule has 0 aromatic rings. The van der Waals surface area contributed by atoms with Gasteiger partial charge in [0.1, 0.15) is 6.04 Å². The number of nitrogens with one attached hydrogen (secondary N) is 1. The Kier molecular flexibility index (Phi) is 5.08. The molecule has 0 aromatic carbocycles. The van der Waals surface area contributed by atoms with Gasteiger partial charge in [0.2, 0.25) is 5.91 Å². The summed E-state index contributed by atoms with van der Waals surface area (Å²) >= 11 is 0. The molecule has 12 heavy (non-hydrogen) atoms. The third-order valence-electron chi connectivity index (χ3n) is 1.52. The Balaban J connectivity index is 3.87. The van der Waals surface area contributed by atoms with E-state index in [0.29, 0.717) is 6.42 Å². The van der Waals surface area contributed by atoms with Crippen molar-refractivity contribution in [2.45, 2.75) is 39.2 Å². The minimum atomic E-state index is -0.960. The van der Waals surface area contributed by atoms with Gasteiger partial charge in [0, 0.05) is 6.92 Å². The van der Waals surface area contributed by atoms with Gasteiger partial charge in [0.05, 0.1) is 0 Å². The summed E-state index contributed by atoms with van der Waals surface area (Å²) in [5.74, 6) is -1.25. The van der Waals surface area contributed by atoms with Gasteiger partial charge in [-0.1, -0.05) is 19.8 Å². The van der Waals surface area contributed by atoms with Gasteiger partial charge in [-0.25, -0.2) is 4.79 Å². The van der Waals surface area contributed by atoms with E-state index in [4.69, 9.17) is 5.11 Å². The van der Waals surface area contributed by atoms with E-state index < -0.39 is 12.0 Å². The van der Waals surface area contributed by atoms with Gasteiger partial charge in [-0.15, -0.1) is 0 Å². The monoisotopic (exact) mass is 173 g/mol. The minimum absolute atomic E-state index is 0.293. The fourth-order valence-electron chi connectivity index (χ4n) is 0.911. The van der Waals surface area contributed by atoms with Crippen LogP contribution in [0, 0.1) is 0 Å². The molecule has 70 valence electrons. The highest BCUT2D eigenvalue weighted by atomic mass is 16.4. The van der Waals surface area contributed by atoms with Gasteiger partial charge in [0.25, 0.3) is 0 Å². The topological polar surface area (TPSA) is 66.4 Å². The summed E-state index contributed by atoms with van der Waals surface area (Å²) in [6, 6.07) is -0.720. The smallest absolute Gasteiger partial charge is 0.326 e. The summed E-state index contributed by atoms with van der Waals surface area (Å²) in [6.45, 7) is 3.30. The van der Waals surface area contributed by atoms with E-state index in [1.54, 1.807) is 0 Å². The number of aliphatic carboxylic acids is 1. The lowest BCUT2D eigenvalue weighted by molar-refractivity contribution is -0.141. The zero-order valence-electron chi connectivity index (χ0n) is 7.46. The number of carboxylic acid groups (broad SMARTS) is 1. The van der Waals surface area contributed by atoms with Gasteiger partial charge in [-0.05, 0) is 6.42 Å². The van der Waals surface area contributed by atoms with E-state index in [1.165, 1.54) is 6.92 Å². The van der Waals surface area contributed by atoms with Crippen LogP contribution in [0.15, 0.2) is 0 Å². The molecule has 4 heteroatoms. The second kappa shape index (κ2) is 5.57. The van der Waals surface area contributed by atoms with Crippen LogP contribution >= 0.6 is 0 Å². The maximum absolute atomic E-state index is 10.5. The molecule has 0 aromatic heterocycles. The van der Waals surface area contributed by atoms with Crippen LogP contribution in [0.2, 0.25) is 0 Å². The van der Waals surface area contributed by atoms with Gasteiger partial charge >= 0.3 is 5.97 Å². The molecule has 0 rings (SSSR count). The lowest BCUT2D eigenvalue weighted by Crippen LogP contribution is -2.39. The third kappa shape index (κ3) is 4.71. The van der Waals surface area contributed by atoms with Crippen LogP contribution in [0.25, 0.3) is 0 Å². The Labute approximate surface area is 72.0 Å². The average Bonchev–Trinajstić information content (AvgIpc) is 1.96. The maximum Gasteiger partial charge on any atom is 0.326 e. The van der Waals surface area contributed by atoms with E-state index in [1.807, 2.05) is 6.92 Å². The molecule has 0 unspecified atom stereocenters. The fraction of sp³-hybridized carbons (Fsp3) is 0.750. The molecule has 0 bridgehead atoms. The predicted octanol–water partition coefficient (Wildman–Crippen LogP) is 0.766. The average molecular weight is 173 g/mol. The van der Waals surface area contributed by atoms with E-state index >= 15 is 0 Å². The van der Waals surface area contributed by atoms with Crippen molar-refractivity contribution in [1.82, 2.24) is 5.32 Å². The molecule has 0 fully saturated rings. The Morgan fingerprint density at radius 1 is 1.50 bits per heavy atom. The lowest BCUT2D eigenvalue weighted by Gasteiger charge is -2.11. The second-order valence-electron chi connectivity index (χ2n) is 2.73. The van der Waals surface area contributed by atoms with Gasteiger partial charge < -0.3 is 10.4 Å². The zero-order chi connectivity index (χ0) is 9.56. The van der Waals surface area contributed by atoms with Crippen molar-refractivity contribution in [3.63, 3.8) is 0 Å². The van der Waals surface area contributed by atoms with Crippen molar-refractivity contribution in [3.05, 3.63) is 0 Å². The molecule has 1 atom stereocenters. The molecule has 0 radical (unpaired) electrons. The quantitative estimate of drug-likeness (QED) is 0.645. The summed E-state index contributed by atoms with van der Waals surface area (Å²) in [7, 11) is 0. The molecular formula is C8H15NO3. The lowest BCUT2D eigenvalue weighted by atomic mass is 10.1. The van der Waals surface area contributed by atoms with Crippen LogP contribution in [0.3, 0.4) is 0 Å². The molecule has 2 N–H and O–H groups in total. The molecule has 0 aliphatic rings. The van der Waals surface area contributed by atoms with E-state index in [2.05, 4.69) is 5.32 Å². The van der Waals surface area contributed by atoms with E-state index in [0.717, 1.165) is 12.8 Å². The number of rotatable bonds is 5. The van der Waals surface area contributed by atoms with Crippen LogP contribution in [-0.4, -0.2) is 23.0 Å². The summed E-state index contributed by atoms with van der Waals surface area (Å²) in [5, 5.41) is 11.0. The molecule has 0 spiro atoms. The number of hydrogen-bond donors (Lipinski definition) is 2. The zero-order valence-corrected chi connectivity index (χ0v) is 7.46. The second-order valence-corrected chi connectivity index (χ2v) is 2.73.